The van der Waals surface area contributed by atoms with Crippen LogP contribution in [0.25, 0.3) is 0 Å². The molecule has 1 saturated carbocycles. The second kappa shape index (κ2) is 3.75. The monoisotopic (exact) mass is 182 g/mol. The van der Waals surface area contributed by atoms with Gasteiger partial charge in [0, 0.05) is 0 Å². The predicted octanol–water partition coefficient (Wildman–Crippen LogP) is 0.885. The van der Waals surface area contributed by atoms with E-state index in [2.05, 4.69) is 11.4 Å². The Balaban J connectivity index is 2.59. The molecule has 0 heterocycles. The number of carbonyl (C=O) groups is 1. The van der Waals surface area contributed by atoms with Crippen LogP contribution in [0, 0.1) is 11.3 Å². The first-order valence-corrected chi connectivity index (χ1v) is 4.55. The summed E-state index contributed by atoms with van der Waals surface area (Å²) >= 11 is 0. The molecule has 0 radical (unpaired) electrons. The Morgan fingerprint density at radius 1 is 1.77 bits per heavy atom. The molecule has 0 spiro atoms. The van der Waals surface area contributed by atoms with E-state index in [1.54, 1.807) is 0 Å². The number of carboxylic acids is 1. The fourth-order valence-corrected chi connectivity index (χ4v) is 1.51. The van der Waals surface area contributed by atoms with Crippen LogP contribution in [0.3, 0.4) is 0 Å². The van der Waals surface area contributed by atoms with E-state index in [9.17, 15) is 4.79 Å². The van der Waals surface area contributed by atoms with E-state index in [0.29, 0.717) is 19.3 Å². The lowest BCUT2D eigenvalue weighted by atomic mass is 9.76. The van der Waals surface area contributed by atoms with Gasteiger partial charge in [0.15, 0.2) is 0 Å². The van der Waals surface area contributed by atoms with Gasteiger partial charge >= 0.3 is 5.97 Å². The Morgan fingerprint density at radius 3 is 2.62 bits per heavy atom. The summed E-state index contributed by atoms with van der Waals surface area (Å²) in [5, 5.41) is 20.5. The summed E-state index contributed by atoms with van der Waals surface area (Å²) in [5.41, 5.74) is -0.809. The van der Waals surface area contributed by atoms with E-state index in [0.717, 1.165) is 6.42 Å². The molecule has 0 aromatic rings. The molecule has 0 saturated heterocycles. The average Bonchev–Trinajstić information content (AvgIpc) is 2.03. The minimum atomic E-state index is -0.826. The van der Waals surface area contributed by atoms with Gasteiger partial charge in [-0.15, -0.1) is 0 Å². The number of hydrogen-bond acceptors (Lipinski definition) is 3. The third kappa shape index (κ3) is 1.81. The van der Waals surface area contributed by atoms with E-state index < -0.39 is 11.5 Å². The molecule has 1 fully saturated rings. The van der Waals surface area contributed by atoms with Crippen molar-refractivity contribution in [1.82, 2.24) is 5.32 Å². The molecule has 4 nitrogen and oxygen atoms in total. The lowest BCUT2D eigenvalue weighted by molar-refractivity contribution is -0.149. The SMILES string of the molecule is CCC(C#N)NC1(C(=O)O)CCC1. The van der Waals surface area contributed by atoms with E-state index in [1.807, 2.05) is 6.92 Å². The molecule has 0 aromatic heterocycles. The summed E-state index contributed by atoms with van der Waals surface area (Å²) in [5.74, 6) is -0.826. The number of nitriles is 1. The Labute approximate surface area is 77.6 Å². The fourth-order valence-electron chi connectivity index (χ4n) is 1.51. The third-order valence-corrected chi connectivity index (χ3v) is 2.63. The van der Waals surface area contributed by atoms with Crippen molar-refractivity contribution in [1.29, 1.82) is 5.26 Å². The summed E-state index contributed by atoms with van der Waals surface area (Å²) in [6.07, 6.45) is 2.85. The van der Waals surface area contributed by atoms with Gasteiger partial charge in [0.2, 0.25) is 0 Å². The van der Waals surface area contributed by atoms with Crippen molar-refractivity contribution in [3.63, 3.8) is 0 Å². The number of carboxylic acid groups (broad SMARTS) is 1. The molecule has 72 valence electrons. The highest BCUT2D eigenvalue weighted by Crippen LogP contribution is 2.32. The van der Waals surface area contributed by atoms with Crippen LogP contribution in [-0.4, -0.2) is 22.7 Å². The fraction of sp³-hybridized carbons (Fsp3) is 0.778. The van der Waals surface area contributed by atoms with Crippen molar-refractivity contribution >= 4 is 5.97 Å². The van der Waals surface area contributed by atoms with Gasteiger partial charge in [-0.2, -0.15) is 5.26 Å². The Morgan fingerprint density at radius 2 is 2.38 bits per heavy atom. The normalized spacial score (nSPS) is 21.2. The minimum Gasteiger partial charge on any atom is -0.480 e. The maximum absolute atomic E-state index is 10.9. The maximum atomic E-state index is 10.9. The Hall–Kier alpha value is -1.08. The highest BCUT2D eigenvalue weighted by molar-refractivity contribution is 5.80. The van der Waals surface area contributed by atoms with Crippen LogP contribution in [0.15, 0.2) is 0 Å². The molecular formula is C9H14N2O2. The van der Waals surface area contributed by atoms with Gasteiger partial charge in [0.05, 0.1) is 12.1 Å². The van der Waals surface area contributed by atoms with E-state index >= 15 is 0 Å². The molecule has 0 aromatic carbocycles. The molecule has 1 atom stereocenters. The standard InChI is InChI=1S/C9H14N2O2/c1-2-7(6-10)11-9(8(12)13)4-3-5-9/h7,11H,2-5H2,1H3,(H,12,13). The van der Waals surface area contributed by atoms with Crippen molar-refractivity contribution in [2.24, 2.45) is 0 Å². The largest absolute Gasteiger partial charge is 0.480 e. The number of nitrogens with zero attached hydrogens (tertiary/aromatic N) is 1. The zero-order valence-corrected chi connectivity index (χ0v) is 7.71. The number of aliphatic carboxylic acids is 1. The van der Waals surface area contributed by atoms with E-state index in [4.69, 9.17) is 10.4 Å². The van der Waals surface area contributed by atoms with E-state index in [1.165, 1.54) is 0 Å². The summed E-state index contributed by atoms with van der Waals surface area (Å²) in [6, 6.07) is 1.72. The predicted molar refractivity (Wildman–Crippen MR) is 47.0 cm³/mol. The van der Waals surface area contributed by atoms with Gasteiger partial charge in [-0.05, 0) is 25.7 Å². The Bertz CT molecular complexity index is 240. The summed E-state index contributed by atoms with van der Waals surface area (Å²) in [4.78, 5) is 10.9. The molecule has 1 unspecified atom stereocenters. The van der Waals surface area contributed by atoms with Gasteiger partial charge in [0.25, 0.3) is 0 Å². The molecular weight excluding hydrogens is 168 g/mol. The van der Waals surface area contributed by atoms with Gasteiger partial charge in [0.1, 0.15) is 5.54 Å². The van der Waals surface area contributed by atoms with Crippen LogP contribution in [0.5, 0.6) is 0 Å². The smallest absolute Gasteiger partial charge is 0.323 e. The molecule has 1 aliphatic carbocycles. The molecule has 1 rings (SSSR count). The van der Waals surface area contributed by atoms with E-state index in [-0.39, 0.29) is 6.04 Å². The van der Waals surface area contributed by atoms with Crippen LogP contribution < -0.4 is 5.32 Å². The second-order valence-electron chi connectivity index (χ2n) is 3.48. The summed E-state index contributed by atoms with van der Waals surface area (Å²) in [6.45, 7) is 1.87. The number of nitrogens with one attached hydrogen (secondary N) is 1. The first kappa shape index (κ1) is 10.0. The van der Waals surface area contributed by atoms with Crippen LogP contribution >= 0.6 is 0 Å². The maximum Gasteiger partial charge on any atom is 0.323 e. The zero-order chi connectivity index (χ0) is 9.90. The van der Waals surface area contributed by atoms with Crippen molar-refractivity contribution in [2.45, 2.75) is 44.2 Å². The molecule has 0 amide bonds. The molecule has 13 heavy (non-hydrogen) atoms. The average molecular weight is 182 g/mol. The number of rotatable bonds is 4. The summed E-state index contributed by atoms with van der Waals surface area (Å²) < 4.78 is 0. The lowest BCUT2D eigenvalue weighted by Crippen LogP contribution is -2.59. The molecule has 2 N–H and O–H groups in total. The quantitative estimate of drug-likeness (QED) is 0.677. The highest BCUT2D eigenvalue weighted by Gasteiger charge is 2.45. The van der Waals surface area contributed by atoms with Crippen LogP contribution in [0.1, 0.15) is 32.6 Å². The summed E-state index contributed by atoms with van der Waals surface area (Å²) in [7, 11) is 0. The lowest BCUT2D eigenvalue weighted by Gasteiger charge is -2.39. The van der Waals surface area contributed by atoms with Crippen molar-refractivity contribution < 1.29 is 9.90 Å². The molecule has 0 aliphatic heterocycles. The number of hydrogen-bond donors (Lipinski definition) is 2. The minimum absolute atomic E-state index is 0.337. The van der Waals surface area contributed by atoms with Crippen molar-refractivity contribution in [2.75, 3.05) is 0 Å². The highest BCUT2D eigenvalue weighted by atomic mass is 16.4. The Kier molecular flexibility index (Phi) is 2.89. The van der Waals surface area contributed by atoms with Gasteiger partial charge < -0.3 is 5.11 Å². The van der Waals surface area contributed by atoms with Gasteiger partial charge in [-0.25, -0.2) is 0 Å². The van der Waals surface area contributed by atoms with Gasteiger partial charge in [-0.1, -0.05) is 6.92 Å². The molecule has 0 bridgehead atoms. The van der Waals surface area contributed by atoms with Gasteiger partial charge in [-0.3, -0.25) is 10.1 Å². The first-order valence-electron chi connectivity index (χ1n) is 4.55. The molecule has 4 heteroatoms. The second-order valence-corrected chi connectivity index (χ2v) is 3.48. The first-order chi connectivity index (χ1) is 6.14. The molecule has 1 aliphatic rings. The van der Waals surface area contributed by atoms with Crippen molar-refractivity contribution in [3.05, 3.63) is 0 Å². The van der Waals surface area contributed by atoms with Crippen molar-refractivity contribution in [3.8, 4) is 6.07 Å². The van der Waals surface area contributed by atoms with Crippen LogP contribution in [-0.2, 0) is 4.79 Å². The topological polar surface area (TPSA) is 73.1 Å². The van der Waals surface area contributed by atoms with Crippen LogP contribution in [0.2, 0.25) is 0 Å². The zero-order valence-electron chi connectivity index (χ0n) is 7.71. The van der Waals surface area contributed by atoms with Crippen LogP contribution in [0.4, 0.5) is 0 Å². The third-order valence-electron chi connectivity index (χ3n) is 2.63.